The first-order valence-electron chi connectivity index (χ1n) is 6.60. The number of amides is 1. The summed E-state index contributed by atoms with van der Waals surface area (Å²) in [6, 6.07) is 9.03. The molecule has 0 unspecified atom stereocenters. The van der Waals surface area contributed by atoms with Gasteiger partial charge in [-0.15, -0.1) is 0 Å². The number of nitrogens with one attached hydrogen (secondary N) is 2. The molecule has 1 aromatic heterocycles. The van der Waals surface area contributed by atoms with Crippen molar-refractivity contribution in [1.29, 1.82) is 5.26 Å². The van der Waals surface area contributed by atoms with E-state index in [2.05, 4.69) is 31.7 Å². The second-order valence-electron chi connectivity index (χ2n) is 4.46. The van der Waals surface area contributed by atoms with Crippen LogP contribution in [0.25, 0.3) is 0 Å². The van der Waals surface area contributed by atoms with Crippen molar-refractivity contribution in [3.63, 3.8) is 0 Å². The molecule has 1 aromatic carbocycles. The maximum absolute atomic E-state index is 11.1. The number of rotatable bonds is 4. The van der Waals surface area contributed by atoms with Gasteiger partial charge in [0.1, 0.15) is 5.69 Å². The first-order valence-corrected chi connectivity index (χ1v) is 6.98. The number of carbonyl (C=O) groups excluding carboxylic acids is 1. The number of carbonyl (C=O) groups is 1. The van der Waals surface area contributed by atoms with Gasteiger partial charge in [-0.25, -0.2) is 4.99 Å². The molecule has 2 aromatic rings. The van der Waals surface area contributed by atoms with E-state index in [4.69, 9.17) is 16.9 Å². The summed E-state index contributed by atoms with van der Waals surface area (Å²) in [5, 5.41) is 14.3. The number of aliphatic imine (C=N–C) groups is 1. The van der Waals surface area contributed by atoms with E-state index in [1.54, 1.807) is 31.5 Å². The van der Waals surface area contributed by atoms with Crippen molar-refractivity contribution in [2.24, 2.45) is 4.99 Å². The molecular weight excluding hydrogens is 316 g/mol. The van der Waals surface area contributed by atoms with Crippen LogP contribution in [-0.4, -0.2) is 29.1 Å². The SMILES string of the molecule is CNc1nc(NC(C)=O)nc(Cl)c1N=Cc1cccc(C#N)c1. The average Bonchev–Trinajstić information content (AvgIpc) is 2.53. The van der Waals surface area contributed by atoms with Crippen molar-refractivity contribution in [3.05, 3.63) is 40.5 Å². The molecule has 1 amide bonds. The molecule has 0 spiro atoms. The fourth-order valence-electron chi connectivity index (χ4n) is 1.76. The lowest BCUT2D eigenvalue weighted by Gasteiger charge is -2.08. The number of benzene rings is 1. The molecule has 0 bridgehead atoms. The van der Waals surface area contributed by atoms with Crippen LogP contribution in [0, 0.1) is 11.3 Å². The highest BCUT2D eigenvalue weighted by molar-refractivity contribution is 6.32. The zero-order chi connectivity index (χ0) is 16.8. The standard InChI is InChI=1S/C15H13ClN6O/c1-9(23)20-15-21-13(16)12(14(18-2)22-15)19-8-11-5-3-4-10(6-11)7-17/h3-6,8H,1-2H3,(H2,18,20,21,22,23). The highest BCUT2D eigenvalue weighted by Gasteiger charge is 2.12. The van der Waals surface area contributed by atoms with Crippen LogP contribution in [0.3, 0.4) is 0 Å². The van der Waals surface area contributed by atoms with Crippen LogP contribution in [0.2, 0.25) is 5.15 Å². The van der Waals surface area contributed by atoms with E-state index >= 15 is 0 Å². The molecule has 0 aliphatic heterocycles. The molecule has 1 heterocycles. The Kier molecular flexibility index (Phi) is 5.23. The van der Waals surface area contributed by atoms with E-state index in [9.17, 15) is 4.79 Å². The van der Waals surface area contributed by atoms with Gasteiger partial charge in [0.05, 0.1) is 11.6 Å². The Hall–Kier alpha value is -2.98. The summed E-state index contributed by atoms with van der Waals surface area (Å²) in [5.74, 6) is 0.173. The Bertz CT molecular complexity index is 812. The van der Waals surface area contributed by atoms with Gasteiger partial charge in [-0.2, -0.15) is 15.2 Å². The van der Waals surface area contributed by atoms with E-state index in [-0.39, 0.29) is 17.0 Å². The van der Waals surface area contributed by atoms with E-state index in [1.165, 1.54) is 6.92 Å². The molecule has 0 fully saturated rings. The number of anilines is 2. The zero-order valence-corrected chi connectivity index (χ0v) is 13.2. The highest BCUT2D eigenvalue weighted by atomic mass is 35.5. The van der Waals surface area contributed by atoms with Crippen molar-refractivity contribution < 1.29 is 4.79 Å². The molecule has 0 saturated carbocycles. The third kappa shape index (κ3) is 4.25. The molecule has 0 aliphatic carbocycles. The van der Waals surface area contributed by atoms with E-state index in [0.29, 0.717) is 17.1 Å². The fourth-order valence-corrected chi connectivity index (χ4v) is 1.98. The minimum absolute atomic E-state index is 0.0947. The molecule has 116 valence electrons. The van der Waals surface area contributed by atoms with Gasteiger partial charge in [-0.3, -0.25) is 10.1 Å². The maximum Gasteiger partial charge on any atom is 0.232 e. The van der Waals surface area contributed by atoms with Gasteiger partial charge >= 0.3 is 0 Å². The lowest BCUT2D eigenvalue weighted by molar-refractivity contribution is -0.114. The monoisotopic (exact) mass is 328 g/mol. The number of hydrogen-bond donors (Lipinski definition) is 2. The highest BCUT2D eigenvalue weighted by Crippen LogP contribution is 2.31. The normalized spacial score (nSPS) is 10.3. The lowest BCUT2D eigenvalue weighted by Crippen LogP contribution is -2.10. The molecule has 0 radical (unpaired) electrons. The first kappa shape index (κ1) is 16.4. The second-order valence-corrected chi connectivity index (χ2v) is 4.82. The number of nitriles is 1. The van der Waals surface area contributed by atoms with E-state index in [1.807, 2.05) is 6.07 Å². The van der Waals surface area contributed by atoms with Crippen molar-refractivity contribution in [1.82, 2.24) is 9.97 Å². The molecule has 0 atom stereocenters. The summed E-state index contributed by atoms with van der Waals surface area (Å²) < 4.78 is 0. The molecule has 2 N–H and O–H groups in total. The van der Waals surface area contributed by atoms with Crippen LogP contribution in [0.1, 0.15) is 18.1 Å². The Morgan fingerprint density at radius 2 is 2.22 bits per heavy atom. The lowest BCUT2D eigenvalue weighted by atomic mass is 10.1. The van der Waals surface area contributed by atoms with Gasteiger partial charge in [0.2, 0.25) is 11.9 Å². The molecule has 8 heteroatoms. The summed E-state index contributed by atoms with van der Waals surface area (Å²) >= 11 is 6.11. The summed E-state index contributed by atoms with van der Waals surface area (Å²) in [6.07, 6.45) is 1.56. The van der Waals surface area contributed by atoms with Gasteiger partial charge in [-0.05, 0) is 17.7 Å². The largest absolute Gasteiger partial charge is 0.371 e. The summed E-state index contributed by atoms with van der Waals surface area (Å²) in [4.78, 5) is 23.5. The molecule has 7 nitrogen and oxygen atoms in total. The van der Waals surface area contributed by atoms with Crippen LogP contribution in [-0.2, 0) is 4.79 Å². The summed E-state index contributed by atoms with van der Waals surface area (Å²) in [7, 11) is 1.66. The third-order valence-corrected chi connectivity index (χ3v) is 2.99. The van der Waals surface area contributed by atoms with Gasteiger partial charge in [0.15, 0.2) is 11.0 Å². The number of nitrogens with zero attached hydrogens (tertiary/aromatic N) is 4. The molecule has 0 aliphatic rings. The Morgan fingerprint density at radius 3 is 2.87 bits per heavy atom. The number of aromatic nitrogens is 2. The van der Waals surface area contributed by atoms with Crippen LogP contribution in [0.15, 0.2) is 29.3 Å². The van der Waals surface area contributed by atoms with Crippen LogP contribution < -0.4 is 10.6 Å². The Morgan fingerprint density at radius 1 is 1.43 bits per heavy atom. The molecule has 0 saturated heterocycles. The quantitative estimate of drug-likeness (QED) is 0.663. The van der Waals surface area contributed by atoms with Crippen LogP contribution >= 0.6 is 11.6 Å². The van der Waals surface area contributed by atoms with Crippen molar-refractivity contribution in [3.8, 4) is 6.07 Å². The molecule has 23 heavy (non-hydrogen) atoms. The van der Waals surface area contributed by atoms with Gasteiger partial charge in [-0.1, -0.05) is 23.7 Å². The predicted molar refractivity (Wildman–Crippen MR) is 89.3 cm³/mol. The first-order chi connectivity index (χ1) is 11.0. The number of hydrogen-bond acceptors (Lipinski definition) is 6. The fraction of sp³-hybridized carbons (Fsp3) is 0.133. The summed E-state index contributed by atoms with van der Waals surface area (Å²) in [6.45, 7) is 1.35. The maximum atomic E-state index is 11.1. The Balaban J connectivity index is 2.37. The van der Waals surface area contributed by atoms with E-state index in [0.717, 1.165) is 5.56 Å². The van der Waals surface area contributed by atoms with Crippen LogP contribution in [0.4, 0.5) is 17.5 Å². The van der Waals surface area contributed by atoms with Gasteiger partial charge < -0.3 is 5.32 Å². The van der Waals surface area contributed by atoms with Gasteiger partial charge in [0, 0.05) is 20.2 Å². The zero-order valence-electron chi connectivity index (χ0n) is 12.5. The second kappa shape index (κ2) is 7.33. The van der Waals surface area contributed by atoms with Crippen molar-refractivity contribution >= 4 is 41.2 Å². The molecular formula is C15H13ClN6O. The van der Waals surface area contributed by atoms with Crippen molar-refractivity contribution in [2.45, 2.75) is 6.92 Å². The predicted octanol–water partition coefficient (Wildman–Crippen LogP) is 2.75. The topological polar surface area (TPSA) is 103 Å². The minimum Gasteiger partial charge on any atom is -0.371 e. The smallest absolute Gasteiger partial charge is 0.232 e. The van der Waals surface area contributed by atoms with Crippen LogP contribution in [0.5, 0.6) is 0 Å². The van der Waals surface area contributed by atoms with Crippen molar-refractivity contribution in [2.75, 3.05) is 17.7 Å². The van der Waals surface area contributed by atoms with Gasteiger partial charge in [0.25, 0.3) is 0 Å². The molecule has 2 rings (SSSR count). The summed E-state index contributed by atoms with van der Waals surface area (Å²) in [5.41, 5.74) is 1.62. The Labute approximate surface area is 138 Å². The minimum atomic E-state index is -0.298. The van der Waals surface area contributed by atoms with E-state index < -0.39 is 0 Å². The average molecular weight is 329 g/mol. The number of halogens is 1. The third-order valence-electron chi connectivity index (χ3n) is 2.72.